The van der Waals surface area contributed by atoms with Gasteiger partial charge in [-0.3, -0.25) is 19.5 Å². The average Bonchev–Trinajstić information content (AvgIpc) is 2.77. The zero-order valence-electron chi connectivity index (χ0n) is 16.4. The number of carbonyl (C=O) groups is 1. The Hall–Kier alpha value is -2.51. The van der Waals surface area contributed by atoms with Crippen molar-refractivity contribution in [3.8, 4) is 0 Å². The summed E-state index contributed by atoms with van der Waals surface area (Å²) in [6.45, 7) is 4.48. The van der Waals surface area contributed by atoms with Crippen LogP contribution in [0.15, 0.2) is 41.5 Å². The van der Waals surface area contributed by atoms with Crippen LogP contribution in [0.5, 0.6) is 0 Å². The van der Waals surface area contributed by atoms with Crippen molar-refractivity contribution in [2.75, 3.05) is 31.6 Å². The van der Waals surface area contributed by atoms with Crippen LogP contribution >= 0.6 is 0 Å². The molecule has 7 heteroatoms. The maximum Gasteiger partial charge on any atom is 0.274 e. The quantitative estimate of drug-likeness (QED) is 0.863. The summed E-state index contributed by atoms with van der Waals surface area (Å²) < 4.78 is 7.41. The monoisotopic (exact) mass is 394 g/mol. The summed E-state index contributed by atoms with van der Waals surface area (Å²) in [6.07, 6.45) is 6.49. The lowest BCUT2D eigenvalue weighted by Gasteiger charge is -2.46. The van der Waals surface area contributed by atoms with Gasteiger partial charge < -0.3 is 14.6 Å². The van der Waals surface area contributed by atoms with Gasteiger partial charge in [0.15, 0.2) is 0 Å². The molecule has 7 nitrogen and oxygen atoms in total. The van der Waals surface area contributed by atoms with Crippen molar-refractivity contribution in [3.05, 3.63) is 58.3 Å². The first kappa shape index (κ1) is 18.5. The number of nitrogens with one attached hydrogen (secondary N) is 1. The zero-order chi connectivity index (χ0) is 19.8. The highest BCUT2D eigenvalue weighted by atomic mass is 16.5. The molecule has 1 amide bonds. The minimum atomic E-state index is -0.285. The standard InChI is InChI=1S/C22H26N4O3/c27-21(16-3-7-23-8-4-16)24-19-1-2-20-17-11-15(13-26(20)22(19)28)12-25(14-17)18-5-9-29-10-6-18/h1-4,7-8,15,17-18H,5-6,9-14H2,(H,24,27). The summed E-state index contributed by atoms with van der Waals surface area (Å²) in [5.41, 5.74) is 1.84. The van der Waals surface area contributed by atoms with Crippen LogP contribution in [-0.4, -0.2) is 52.7 Å². The molecule has 0 saturated carbocycles. The van der Waals surface area contributed by atoms with Crippen molar-refractivity contribution in [1.29, 1.82) is 0 Å². The predicted molar refractivity (Wildman–Crippen MR) is 109 cm³/mol. The Labute approximate surface area is 169 Å². The van der Waals surface area contributed by atoms with E-state index in [9.17, 15) is 9.59 Å². The second-order valence-electron chi connectivity index (χ2n) is 8.37. The molecule has 1 N–H and O–H groups in total. The Kier molecular flexibility index (Phi) is 4.93. The van der Waals surface area contributed by atoms with Gasteiger partial charge in [-0.25, -0.2) is 0 Å². The molecule has 29 heavy (non-hydrogen) atoms. The van der Waals surface area contributed by atoms with Gasteiger partial charge in [-0.15, -0.1) is 0 Å². The van der Waals surface area contributed by atoms with E-state index < -0.39 is 0 Å². The third-order valence-electron chi connectivity index (χ3n) is 6.53. The second-order valence-corrected chi connectivity index (χ2v) is 8.37. The first-order chi connectivity index (χ1) is 14.2. The molecule has 2 aromatic rings. The summed E-state index contributed by atoms with van der Waals surface area (Å²) in [5, 5.41) is 2.78. The zero-order valence-corrected chi connectivity index (χ0v) is 16.4. The fourth-order valence-electron chi connectivity index (χ4n) is 5.12. The highest BCUT2D eigenvalue weighted by Crippen LogP contribution is 2.37. The summed E-state index contributed by atoms with van der Waals surface area (Å²) >= 11 is 0. The lowest BCUT2D eigenvalue weighted by atomic mass is 9.82. The summed E-state index contributed by atoms with van der Waals surface area (Å²) in [5.74, 6) is 0.572. The van der Waals surface area contributed by atoms with Gasteiger partial charge in [0.1, 0.15) is 5.69 Å². The Morgan fingerprint density at radius 3 is 2.66 bits per heavy atom. The van der Waals surface area contributed by atoms with Crippen LogP contribution in [0.25, 0.3) is 0 Å². The molecule has 2 atom stereocenters. The third-order valence-corrected chi connectivity index (χ3v) is 6.53. The molecule has 0 aromatic carbocycles. The molecule has 2 fully saturated rings. The van der Waals surface area contributed by atoms with Gasteiger partial charge in [-0.05, 0) is 49.4 Å². The van der Waals surface area contributed by atoms with Gasteiger partial charge in [0.05, 0.1) is 0 Å². The Morgan fingerprint density at radius 1 is 1.07 bits per heavy atom. The first-order valence-corrected chi connectivity index (χ1v) is 10.5. The number of amides is 1. The number of hydrogen-bond acceptors (Lipinski definition) is 5. The number of ether oxygens (including phenoxy) is 1. The molecular formula is C22H26N4O3. The molecule has 5 heterocycles. The summed E-state index contributed by atoms with van der Waals surface area (Å²) in [4.78, 5) is 32.1. The van der Waals surface area contributed by atoms with E-state index in [0.29, 0.717) is 29.1 Å². The number of carbonyl (C=O) groups excluding carboxylic acids is 1. The molecule has 0 radical (unpaired) electrons. The molecule has 2 unspecified atom stereocenters. The van der Waals surface area contributed by atoms with Crippen molar-refractivity contribution in [1.82, 2.24) is 14.5 Å². The smallest absolute Gasteiger partial charge is 0.274 e. The molecule has 2 bridgehead atoms. The SMILES string of the molecule is O=C(Nc1ccc2n(c1=O)CC1CC2CN(C2CCOCC2)C1)c1ccncc1. The van der Waals surface area contributed by atoms with Crippen molar-refractivity contribution in [2.45, 2.75) is 37.8 Å². The number of aromatic nitrogens is 2. The Balaban J connectivity index is 1.37. The third kappa shape index (κ3) is 3.60. The molecule has 2 saturated heterocycles. The van der Waals surface area contributed by atoms with E-state index in [1.54, 1.807) is 30.6 Å². The van der Waals surface area contributed by atoms with Crippen molar-refractivity contribution >= 4 is 11.6 Å². The molecule has 5 rings (SSSR count). The average molecular weight is 394 g/mol. The normalized spacial score (nSPS) is 24.7. The maximum absolute atomic E-state index is 13.1. The number of piperidine rings is 1. The number of nitrogens with zero attached hydrogens (tertiary/aromatic N) is 3. The molecular weight excluding hydrogens is 368 g/mol. The van der Waals surface area contributed by atoms with E-state index >= 15 is 0 Å². The van der Waals surface area contributed by atoms with Gasteiger partial charge in [0.2, 0.25) is 0 Å². The van der Waals surface area contributed by atoms with E-state index in [1.807, 2.05) is 10.6 Å². The topological polar surface area (TPSA) is 76.5 Å². The van der Waals surface area contributed by atoms with E-state index in [0.717, 1.165) is 57.8 Å². The van der Waals surface area contributed by atoms with Crippen molar-refractivity contribution in [3.63, 3.8) is 0 Å². The van der Waals surface area contributed by atoms with Crippen LogP contribution in [0.4, 0.5) is 5.69 Å². The lowest BCUT2D eigenvalue weighted by molar-refractivity contribution is 0.00589. The van der Waals surface area contributed by atoms with E-state index in [1.165, 1.54) is 0 Å². The van der Waals surface area contributed by atoms with Crippen LogP contribution in [-0.2, 0) is 11.3 Å². The summed E-state index contributed by atoms with van der Waals surface area (Å²) in [7, 11) is 0. The molecule has 2 aromatic heterocycles. The molecule has 152 valence electrons. The number of pyridine rings is 2. The van der Waals surface area contributed by atoms with Gasteiger partial charge >= 0.3 is 0 Å². The Bertz CT molecular complexity index is 952. The van der Waals surface area contributed by atoms with Gasteiger partial charge in [-0.1, -0.05) is 0 Å². The lowest BCUT2D eigenvalue weighted by Crippen LogP contribution is -2.51. The molecule has 3 aliphatic heterocycles. The largest absolute Gasteiger partial charge is 0.381 e. The van der Waals surface area contributed by atoms with E-state index in [-0.39, 0.29) is 11.5 Å². The predicted octanol–water partition coefficient (Wildman–Crippen LogP) is 2.09. The van der Waals surface area contributed by atoms with Crippen molar-refractivity contribution < 1.29 is 9.53 Å². The van der Waals surface area contributed by atoms with Crippen molar-refractivity contribution in [2.24, 2.45) is 5.92 Å². The minimum absolute atomic E-state index is 0.0980. The highest BCUT2D eigenvalue weighted by Gasteiger charge is 2.37. The van der Waals surface area contributed by atoms with E-state index in [4.69, 9.17) is 4.74 Å². The highest BCUT2D eigenvalue weighted by molar-refractivity contribution is 6.04. The summed E-state index contributed by atoms with van der Waals surface area (Å²) in [6, 6.07) is 7.67. The number of likely N-dealkylation sites (tertiary alicyclic amines) is 1. The maximum atomic E-state index is 13.1. The van der Waals surface area contributed by atoms with Crippen LogP contribution < -0.4 is 10.9 Å². The number of rotatable bonds is 3. The van der Waals surface area contributed by atoms with Gasteiger partial charge in [0, 0.05) is 68.5 Å². The fourth-order valence-corrected chi connectivity index (χ4v) is 5.12. The van der Waals surface area contributed by atoms with Crippen LogP contribution in [0.2, 0.25) is 0 Å². The first-order valence-electron chi connectivity index (χ1n) is 10.5. The van der Waals surface area contributed by atoms with Gasteiger partial charge in [0.25, 0.3) is 11.5 Å². The fraction of sp³-hybridized carbons (Fsp3) is 0.500. The number of fused-ring (bicyclic) bond motifs is 4. The van der Waals surface area contributed by atoms with E-state index in [2.05, 4.69) is 15.2 Å². The molecule has 0 aliphatic carbocycles. The number of hydrogen-bond donors (Lipinski definition) is 1. The Morgan fingerprint density at radius 2 is 1.86 bits per heavy atom. The molecule has 3 aliphatic rings. The van der Waals surface area contributed by atoms with Crippen LogP contribution in [0.1, 0.15) is 41.2 Å². The second kappa shape index (κ2) is 7.72. The van der Waals surface area contributed by atoms with Crippen LogP contribution in [0.3, 0.4) is 0 Å². The van der Waals surface area contributed by atoms with Gasteiger partial charge in [-0.2, -0.15) is 0 Å². The van der Waals surface area contributed by atoms with Crippen LogP contribution in [0, 0.1) is 5.92 Å². The number of anilines is 1. The molecule has 0 spiro atoms. The minimum Gasteiger partial charge on any atom is -0.381 e.